The number of anilines is 1. The number of amides is 1. The van der Waals surface area contributed by atoms with Gasteiger partial charge in [-0.25, -0.2) is 4.79 Å². The number of phenols is 1. The molecule has 3 aromatic rings. The standard InChI is InChI=1S/C23H23NO5/c25-16-15-21(28-20-9-5-2-6-10-20)22(17-11-13-19(26)14-12-17)29-23(27)24-18-7-3-1-4-8-18/h1-14,21-22,25-26H,15-16H2,(H,24,27)/t21-,22-/m1/s1. The molecule has 3 aromatic carbocycles. The number of para-hydroxylation sites is 2. The summed E-state index contributed by atoms with van der Waals surface area (Å²) in [6, 6.07) is 24.4. The molecule has 2 atom stereocenters. The third-order valence-electron chi connectivity index (χ3n) is 4.26. The van der Waals surface area contributed by atoms with Crippen LogP contribution in [0.3, 0.4) is 0 Å². The van der Waals surface area contributed by atoms with E-state index in [0.29, 0.717) is 17.0 Å². The molecule has 0 bridgehead atoms. The van der Waals surface area contributed by atoms with E-state index in [-0.39, 0.29) is 18.8 Å². The molecule has 150 valence electrons. The molecule has 3 rings (SSSR count). The second-order valence-electron chi connectivity index (χ2n) is 6.39. The van der Waals surface area contributed by atoms with Crippen LogP contribution in [-0.2, 0) is 4.74 Å². The van der Waals surface area contributed by atoms with E-state index in [1.54, 1.807) is 48.5 Å². The molecule has 0 aliphatic rings. The Morgan fingerprint density at radius 3 is 2.14 bits per heavy atom. The molecule has 0 heterocycles. The first-order valence-electron chi connectivity index (χ1n) is 9.30. The van der Waals surface area contributed by atoms with E-state index in [9.17, 15) is 15.0 Å². The van der Waals surface area contributed by atoms with E-state index >= 15 is 0 Å². The van der Waals surface area contributed by atoms with Crippen LogP contribution in [0.2, 0.25) is 0 Å². The van der Waals surface area contributed by atoms with Gasteiger partial charge >= 0.3 is 6.09 Å². The van der Waals surface area contributed by atoms with Crippen molar-refractivity contribution in [2.24, 2.45) is 0 Å². The van der Waals surface area contributed by atoms with E-state index in [1.165, 1.54) is 12.1 Å². The number of hydrogen-bond acceptors (Lipinski definition) is 5. The second kappa shape index (κ2) is 10.1. The number of ether oxygens (including phenoxy) is 2. The third-order valence-corrected chi connectivity index (χ3v) is 4.26. The highest BCUT2D eigenvalue weighted by atomic mass is 16.6. The van der Waals surface area contributed by atoms with Crippen molar-refractivity contribution in [2.45, 2.75) is 18.6 Å². The van der Waals surface area contributed by atoms with Crippen molar-refractivity contribution in [3.8, 4) is 11.5 Å². The summed E-state index contributed by atoms with van der Waals surface area (Å²) in [5.41, 5.74) is 1.24. The molecule has 1 amide bonds. The Labute approximate surface area is 169 Å². The van der Waals surface area contributed by atoms with Gasteiger partial charge in [0.1, 0.15) is 17.6 Å². The molecule has 29 heavy (non-hydrogen) atoms. The quantitative estimate of drug-likeness (QED) is 0.524. The van der Waals surface area contributed by atoms with Crippen molar-refractivity contribution in [1.29, 1.82) is 0 Å². The zero-order chi connectivity index (χ0) is 20.5. The Hall–Kier alpha value is -3.51. The molecule has 0 unspecified atom stereocenters. The van der Waals surface area contributed by atoms with Gasteiger partial charge in [0, 0.05) is 18.7 Å². The van der Waals surface area contributed by atoms with Gasteiger partial charge in [-0.2, -0.15) is 0 Å². The first-order chi connectivity index (χ1) is 14.2. The van der Waals surface area contributed by atoms with Crippen molar-refractivity contribution < 1.29 is 24.5 Å². The predicted molar refractivity (Wildman–Crippen MR) is 110 cm³/mol. The average molecular weight is 393 g/mol. The molecular formula is C23H23NO5. The average Bonchev–Trinajstić information content (AvgIpc) is 2.74. The summed E-state index contributed by atoms with van der Waals surface area (Å²) in [7, 11) is 0. The molecular weight excluding hydrogens is 370 g/mol. The maximum atomic E-state index is 12.5. The third kappa shape index (κ3) is 5.99. The number of hydrogen-bond donors (Lipinski definition) is 3. The number of carbonyl (C=O) groups excluding carboxylic acids is 1. The lowest BCUT2D eigenvalue weighted by Crippen LogP contribution is -2.31. The smallest absolute Gasteiger partial charge is 0.412 e. The number of carbonyl (C=O) groups is 1. The van der Waals surface area contributed by atoms with Gasteiger partial charge in [-0.3, -0.25) is 5.32 Å². The van der Waals surface area contributed by atoms with Crippen LogP contribution in [0, 0.1) is 0 Å². The SMILES string of the molecule is O=C(Nc1ccccc1)O[C@H](c1ccc(O)cc1)[C@@H](CCO)Oc1ccccc1. The number of nitrogens with one attached hydrogen (secondary N) is 1. The number of rotatable bonds is 8. The van der Waals surface area contributed by atoms with Gasteiger partial charge in [0.25, 0.3) is 0 Å². The number of aliphatic hydroxyl groups is 1. The maximum absolute atomic E-state index is 12.5. The normalized spacial score (nSPS) is 12.6. The van der Waals surface area contributed by atoms with E-state index in [1.807, 2.05) is 24.3 Å². The van der Waals surface area contributed by atoms with Gasteiger partial charge in [0.15, 0.2) is 6.10 Å². The van der Waals surface area contributed by atoms with Crippen LogP contribution in [0.1, 0.15) is 18.1 Å². The Kier molecular flexibility index (Phi) is 7.08. The van der Waals surface area contributed by atoms with Gasteiger partial charge in [-0.15, -0.1) is 0 Å². The minimum Gasteiger partial charge on any atom is -0.508 e. The van der Waals surface area contributed by atoms with E-state index in [0.717, 1.165) is 0 Å². The number of aromatic hydroxyl groups is 1. The van der Waals surface area contributed by atoms with Crippen LogP contribution in [0.4, 0.5) is 10.5 Å². The summed E-state index contributed by atoms with van der Waals surface area (Å²) in [5.74, 6) is 0.700. The number of phenolic OH excluding ortho intramolecular Hbond substituents is 1. The zero-order valence-corrected chi connectivity index (χ0v) is 15.8. The molecule has 0 fully saturated rings. The van der Waals surface area contributed by atoms with E-state index in [4.69, 9.17) is 9.47 Å². The van der Waals surface area contributed by atoms with E-state index in [2.05, 4.69) is 5.32 Å². The lowest BCUT2D eigenvalue weighted by atomic mass is 10.0. The molecule has 3 N–H and O–H groups in total. The van der Waals surface area contributed by atoms with Gasteiger partial charge in [0.2, 0.25) is 0 Å². The summed E-state index contributed by atoms with van der Waals surface area (Å²) < 4.78 is 11.7. The summed E-state index contributed by atoms with van der Waals surface area (Å²) in [5, 5.41) is 21.8. The molecule has 0 aromatic heterocycles. The van der Waals surface area contributed by atoms with Gasteiger partial charge < -0.3 is 19.7 Å². The zero-order valence-electron chi connectivity index (χ0n) is 15.8. The highest BCUT2D eigenvalue weighted by Crippen LogP contribution is 2.29. The lowest BCUT2D eigenvalue weighted by Gasteiger charge is -2.28. The van der Waals surface area contributed by atoms with Crippen LogP contribution in [0.5, 0.6) is 11.5 Å². The predicted octanol–water partition coefficient (Wildman–Crippen LogP) is 4.51. The molecule has 0 saturated carbocycles. The highest BCUT2D eigenvalue weighted by molar-refractivity contribution is 5.84. The van der Waals surface area contributed by atoms with E-state index < -0.39 is 18.3 Å². The molecule has 0 spiro atoms. The molecule has 0 aliphatic carbocycles. The summed E-state index contributed by atoms with van der Waals surface area (Å²) in [6.07, 6.45) is -1.83. The molecule has 6 heteroatoms. The molecule has 6 nitrogen and oxygen atoms in total. The highest BCUT2D eigenvalue weighted by Gasteiger charge is 2.29. The minimum atomic E-state index is -0.799. The Morgan fingerprint density at radius 1 is 0.897 bits per heavy atom. The fraction of sp³-hybridized carbons (Fsp3) is 0.174. The monoisotopic (exact) mass is 393 g/mol. The van der Waals surface area contributed by atoms with Gasteiger partial charge in [-0.05, 0) is 42.0 Å². The first kappa shape index (κ1) is 20.2. The van der Waals surface area contributed by atoms with Crippen molar-refractivity contribution in [2.75, 3.05) is 11.9 Å². The van der Waals surface area contributed by atoms with Crippen LogP contribution in [0.25, 0.3) is 0 Å². The van der Waals surface area contributed by atoms with Crippen molar-refractivity contribution in [3.63, 3.8) is 0 Å². The fourth-order valence-electron chi connectivity index (χ4n) is 2.88. The van der Waals surface area contributed by atoms with Crippen LogP contribution in [0.15, 0.2) is 84.9 Å². The second-order valence-corrected chi connectivity index (χ2v) is 6.39. The lowest BCUT2D eigenvalue weighted by molar-refractivity contribution is 0.00907. The van der Waals surface area contributed by atoms with Crippen molar-refractivity contribution in [1.82, 2.24) is 0 Å². The Morgan fingerprint density at radius 2 is 1.52 bits per heavy atom. The van der Waals surface area contributed by atoms with Crippen LogP contribution < -0.4 is 10.1 Å². The minimum absolute atomic E-state index is 0.101. The fourth-order valence-corrected chi connectivity index (χ4v) is 2.88. The van der Waals surface area contributed by atoms with Crippen LogP contribution >= 0.6 is 0 Å². The van der Waals surface area contributed by atoms with Crippen LogP contribution in [-0.4, -0.2) is 29.0 Å². The molecule has 0 saturated heterocycles. The number of benzene rings is 3. The van der Waals surface area contributed by atoms with Gasteiger partial charge in [-0.1, -0.05) is 48.5 Å². The topological polar surface area (TPSA) is 88.0 Å². The summed E-state index contributed by atoms with van der Waals surface area (Å²) in [4.78, 5) is 12.5. The van der Waals surface area contributed by atoms with Crippen molar-refractivity contribution in [3.05, 3.63) is 90.5 Å². The Bertz CT molecular complexity index is 884. The first-order valence-corrected chi connectivity index (χ1v) is 9.30. The van der Waals surface area contributed by atoms with Gasteiger partial charge in [0.05, 0.1) is 0 Å². The summed E-state index contributed by atoms with van der Waals surface area (Å²) >= 11 is 0. The maximum Gasteiger partial charge on any atom is 0.412 e. The Balaban J connectivity index is 1.83. The molecule has 0 aliphatic heterocycles. The van der Waals surface area contributed by atoms with Crippen molar-refractivity contribution >= 4 is 11.8 Å². The largest absolute Gasteiger partial charge is 0.508 e. The summed E-state index contributed by atoms with van der Waals surface area (Å²) in [6.45, 7) is -0.143. The molecule has 0 radical (unpaired) electrons. The number of aliphatic hydroxyl groups excluding tert-OH is 1.